The Morgan fingerprint density at radius 3 is 2.60 bits per heavy atom. The Balaban J connectivity index is 3.05. The molecule has 0 radical (unpaired) electrons. The molecule has 84 valence electrons. The summed E-state index contributed by atoms with van der Waals surface area (Å²) in [5.74, 6) is -1.13. The summed E-state index contributed by atoms with van der Waals surface area (Å²) in [6.07, 6.45) is 0.0894. The van der Waals surface area contributed by atoms with Gasteiger partial charge in [0.25, 0.3) is 0 Å². The Hall–Kier alpha value is -1.14. The summed E-state index contributed by atoms with van der Waals surface area (Å²) in [5.41, 5.74) is 5.47. The van der Waals surface area contributed by atoms with E-state index in [9.17, 15) is 12.8 Å². The molecule has 6 heteroatoms. The maximum absolute atomic E-state index is 13.3. The molecule has 4 nitrogen and oxygen atoms in total. The molecular formula is C9H12FNO3S. The average molecular weight is 233 g/mol. The van der Waals surface area contributed by atoms with Crippen LogP contribution in [0.1, 0.15) is 6.42 Å². The van der Waals surface area contributed by atoms with Gasteiger partial charge in [0.05, 0.1) is 5.75 Å². The zero-order valence-corrected chi connectivity index (χ0v) is 8.80. The van der Waals surface area contributed by atoms with E-state index in [1.165, 1.54) is 6.07 Å². The molecule has 1 rings (SSSR count). The van der Waals surface area contributed by atoms with Crippen molar-refractivity contribution in [3.8, 4) is 0 Å². The average Bonchev–Trinajstić information content (AvgIpc) is 2.14. The fraction of sp³-hybridized carbons (Fsp3) is 0.333. The zero-order valence-electron chi connectivity index (χ0n) is 7.98. The van der Waals surface area contributed by atoms with E-state index < -0.39 is 15.7 Å². The van der Waals surface area contributed by atoms with Crippen molar-refractivity contribution in [3.63, 3.8) is 0 Å². The van der Waals surface area contributed by atoms with Crippen LogP contribution in [0.15, 0.2) is 23.1 Å². The van der Waals surface area contributed by atoms with Gasteiger partial charge >= 0.3 is 0 Å². The van der Waals surface area contributed by atoms with Crippen LogP contribution in [0.3, 0.4) is 0 Å². The van der Waals surface area contributed by atoms with Crippen molar-refractivity contribution in [2.24, 2.45) is 0 Å². The van der Waals surface area contributed by atoms with Crippen molar-refractivity contribution in [2.75, 3.05) is 18.1 Å². The van der Waals surface area contributed by atoms with Gasteiger partial charge in [-0.05, 0) is 24.6 Å². The number of hydrogen-bond donors (Lipinski definition) is 2. The van der Waals surface area contributed by atoms with Gasteiger partial charge in [0.15, 0.2) is 9.84 Å². The number of aliphatic hydroxyl groups excluding tert-OH is 1. The highest BCUT2D eigenvalue weighted by molar-refractivity contribution is 7.91. The minimum Gasteiger partial charge on any atom is -0.399 e. The summed E-state index contributed by atoms with van der Waals surface area (Å²) in [4.78, 5) is -0.370. The van der Waals surface area contributed by atoms with Gasteiger partial charge in [0.1, 0.15) is 10.7 Å². The fourth-order valence-corrected chi connectivity index (χ4v) is 2.49. The number of anilines is 1. The molecule has 0 aliphatic carbocycles. The van der Waals surface area contributed by atoms with Crippen LogP contribution < -0.4 is 5.73 Å². The molecule has 1 aromatic rings. The van der Waals surface area contributed by atoms with E-state index in [4.69, 9.17) is 10.8 Å². The van der Waals surface area contributed by atoms with Crippen LogP contribution in [0, 0.1) is 5.82 Å². The second-order valence-corrected chi connectivity index (χ2v) is 5.16. The van der Waals surface area contributed by atoms with E-state index in [0.717, 1.165) is 12.1 Å². The lowest BCUT2D eigenvalue weighted by Crippen LogP contribution is -2.10. The number of aliphatic hydroxyl groups is 1. The minimum absolute atomic E-state index is 0.0894. The lowest BCUT2D eigenvalue weighted by atomic mass is 10.3. The Bertz CT molecular complexity index is 445. The van der Waals surface area contributed by atoms with Crippen LogP contribution in [0.5, 0.6) is 0 Å². The summed E-state index contributed by atoms with van der Waals surface area (Å²) in [6.45, 7) is -0.240. The number of rotatable bonds is 4. The van der Waals surface area contributed by atoms with Crippen molar-refractivity contribution >= 4 is 15.5 Å². The molecule has 0 fully saturated rings. The van der Waals surface area contributed by atoms with Gasteiger partial charge in [0.2, 0.25) is 0 Å². The highest BCUT2D eigenvalue weighted by Crippen LogP contribution is 2.18. The minimum atomic E-state index is -3.66. The topological polar surface area (TPSA) is 80.4 Å². The molecule has 0 aromatic heterocycles. The molecule has 0 unspecified atom stereocenters. The lowest BCUT2D eigenvalue weighted by Gasteiger charge is -2.05. The summed E-state index contributed by atoms with van der Waals surface area (Å²) < 4.78 is 36.3. The summed E-state index contributed by atoms with van der Waals surface area (Å²) in [6, 6.07) is 3.43. The Kier molecular flexibility index (Phi) is 3.65. The predicted octanol–water partition coefficient (Wildman–Crippen LogP) is 0.564. The van der Waals surface area contributed by atoms with Gasteiger partial charge in [-0.3, -0.25) is 0 Å². The third kappa shape index (κ3) is 2.90. The fourth-order valence-electron chi connectivity index (χ4n) is 1.13. The Morgan fingerprint density at radius 2 is 2.07 bits per heavy atom. The number of halogens is 1. The van der Waals surface area contributed by atoms with Crippen molar-refractivity contribution in [1.29, 1.82) is 0 Å². The van der Waals surface area contributed by atoms with Crippen LogP contribution in [-0.4, -0.2) is 25.9 Å². The standard InChI is InChI=1S/C9H12FNO3S/c10-8-6-7(11)2-3-9(8)15(13,14)5-1-4-12/h2-3,6,12H,1,4-5,11H2. The van der Waals surface area contributed by atoms with E-state index >= 15 is 0 Å². The molecule has 3 N–H and O–H groups in total. The van der Waals surface area contributed by atoms with Crippen molar-refractivity contribution < 1.29 is 17.9 Å². The SMILES string of the molecule is Nc1ccc(S(=O)(=O)CCCO)c(F)c1. The van der Waals surface area contributed by atoms with Crippen LogP contribution in [0.4, 0.5) is 10.1 Å². The van der Waals surface area contributed by atoms with Gasteiger partial charge in [-0.15, -0.1) is 0 Å². The molecule has 0 heterocycles. The summed E-state index contributed by atoms with van der Waals surface area (Å²) in [5, 5.41) is 8.51. The van der Waals surface area contributed by atoms with E-state index in [1.807, 2.05) is 0 Å². The van der Waals surface area contributed by atoms with Crippen LogP contribution in [0.25, 0.3) is 0 Å². The molecule has 0 aliphatic heterocycles. The summed E-state index contributed by atoms with van der Waals surface area (Å²) in [7, 11) is -3.66. The number of benzene rings is 1. The molecule has 0 spiro atoms. The number of nitrogen functional groups attached to an aromatic ring is 1. The van der Waals surface area contributed by atoms with Gasteiger partial charge in [-0.2, -0.15) is 0 Å². The van der Waals surface area contributed by atoms with Crippen molar-refractivity contribution in [2.45, 2.75) is 11.3 Å². The van der Waals surface area contributed by atoms with E-state index in [-0.39, 0.29) is 29.4 Å². The molecule has 0 amide bonds. The maximum atomic E-state index is 13.3. The van der Waals surface area contributed by atoms with Crippen molar-refractivity contribution in [1.82, 2.24) is 0 Å². The summed E-state index contributed by atoms with van der Waals surface area (Å²) >= 11 is 0. The highest BCUT2D eigenvalue weighted by Gasteiger charge is 2.18. The van der Waals surface area contributed by atoms with Crippen LogP contribution >= 0.6 is 0 Å². The van der Waals surface area contributed by atoms with E-state index in [0.29, 0.717) is 0 Å². The molecule has 0 bridgehead atoms. The molecule has 1 aromatic carbocycles. The third-order valence-electron chi connectivity index (χ3n) is 1.86. The quantitative estimate of drug-likeness (QED) is 0.745. The first kappa shape index (κ1) is 11.9. The molecular weight excluding hydrogens is 221 g/mol. The predicted molar refractivity (Wildman–Crippen MR) is 54.6 cm³/mol. The normalized spacial score (nSPS) is 11.6. The van der Waals surface area contributed by atoms with Gasteiger partial charge < -0.3 is 10.8 Å². The third-order valence-corrected chi connectivity index (χ3v) is 3.69. The Morgan fingerprint density at radius 1 is 1.40 bits per heavy atom. The van der Waals surface area contributed by atoms with Gasteiger partial charge in [0, 0.05) is 12.3 Å². The van der Waals surface area contributed by atoms with Gasteiger partial charge in [-0.25, -0.2) is 12.8 Å². The molecule has 0 saturated carbocycles. The second-order valence-electron chi connectivity index (χ2n) is 3.09. The zero-order chi connectivity index (χ0) is 11.5. The number of nitrogens with two attached hydrogens (primary N) is 1. The largest absolute Gasteiger partial charge is 0.399 e. The lowest BCUT2D eigenvalue weighted by molar-refractivity contribution is 0.295. The first-order chi connectivity index (χ1) is 6.97. The maximum Gasteiger partial charge on any atom is 0.181 e. The molecule has 0 atom stereocenters. The van der Waals surface area contributed by atoms with Crippen molar-refractivity contribution in [3.05, 3.63) is 24.0 Å². The van der Waals surface area contributed by atoms with Crippen LogP contribution in [-0.2, 0) is 9.84 Å². The first-order valence-electron chi connectivity index (χ1n) is 4.36. The number of sulfone groups is 1. The first-order valence-corrected chi connectivity index (χ1v) is 6.01. The molecule has 0 saturated heterocycles. The second kappa shape index (κ2) is 4.59. The number of hydrogen-bond acceptors (Lipinski definition) is 4. The van der Waals surface area contributed by atoms with Gasteiger partial charge in [-0.1, -0.05) is 0 Å². The Labute approximate surface area is 87.5 Å². The monoisotopic (exact) mass is 233 g/mol. The smallest absolute Gasteiger partial charge is 0.181 e. The molecule has 0 aliphatic rings. The van der Waals surface area contributed by atoms with E-state index in [2.05, 4.69) is 0 Å². The van der Waals surface area contributed by atoms with E-state index in [1.54, 1.807) is 0 Å². The highest BCUT2D eigenvalue weighted by atomic mass is 32.2. The van der Waals surface area contributed by atoms with Crippen LogP contribution in [0.2, 0.25) is 0 Å². The molecule has 15 heavy (non-hydrogen) atoms.